The van der Waals surface area contributed by atoms with Crippen molar-refractivity contribution in [2.75, 3.05) is 13.2 Å². The summed E-state index contributed by atoms with van der Waals surface area (Å²) in [5.74, 6) is -0.158. The molecule has 0 radical (unpaired) electrons. The fourth-order valence-electron chi connectivity index (χ4n) is 4.08. The van der Waals surface area contributed by atoms with Crippen molar-refractivity contribution >= 4 is 5.91 Å². The molecule has 0 spiro atoms. The number of likely N-dealkylation sites (tertiary alicyclic amines) is 1. The third kappa shape index (κ3) is 4.10. The van der Waals surface area contributed by atoms with Gasteiger partial charge in [-0.25, -0.2) is 0 Å². The van der Waals surface area contributed by atoms with E-state index in [1.165, 1.54) is 12.5 Å². The minimum absolute atomic E-state index is 0.0832. The third-order valence-corrected chi connectivity index (χ3v) is 5.42. The van der Waals surface area contributed by atoms with Gasteiger partial charge in [-0.05, 0) is 5.56 Å². The standard InChI is InChI=1S/C22H26N2O4/c1-15(25)23-18-13-24(12-16-8-4-2-5-9-16)19-14-27-22(28-21(19)20(18)26)17-10-6-3-7-11-17/h2-11,18-22,26H,12-14H2,1H3,(H,23,25)/t18-,19+,20+,21+,22?/m0/s1. The Morgan fingerprint density at radius 3 is 2.50 bits per heavy atom. The molecule has 2 aromatic carbocycles. The number of rotatable bonds is 4. The van der Waals surface area contributed by atoms with E-state index in [0.717, 1.165) is 5.56 Å². The van der Waals surface area contributed by atoms with Crippen LogP contribution in [0.3, 0.4) is 0 Å². The Kier molecular flexibility index (Phi) is 5.73. The van der Waals surface area contributed by atoms with Crippen LogP contribution < -0.4 is 5.32 Å². The first-order valence-corrected chi connectivity index (χ1v) is 9.67. The molecule has 4 rings (SSSR count). The summed E-state index contributed by atoms with van der Waals surface area (Å²) in [7, 11) is 0. The number of fused-ring (bicyclic) bond motifs is 1. The highest BCUT2D eigenvalue weighted by Gasteiger charge is 2.47. The van der Waals surface area contributed by atoms with E-state index in [-0.39, 0.29) is 11.9 Å². The summed E-state index contributed by atoms with van der Waals surface area (Å²) in [5, 5.41) is 13.8. The minimum Gasteiger partial charge on any atom is -0.388 e. The number of aliphatic hydroxyl groups is 1. The number of benzene rings is 2. The second kappa shape index (κ2) is 8.41. The molecule has 0 aromatic heterocycles. The second-order valence-corrected chi connectivity index (χ2v) is 7.46. The Morgan fingerprint density at radius 2 is 1.82 bits per heavy atom. The van der Waals surface area contributed by atoms with Crippen molar-refractivity contribution in [3.63, 3.8) is 0 Å². The molecular weight excluding hydrogens is 356 g/mol. The topological polar surface area (TPSA) is 71.0 Å². The zero-order valence-corrected chi connectivity index (χ0v) is 15.9. The van der Waals surface area contributed by atoms with Crippen LogP contribution in [0.2, 0.25) is 0 Å². The molecule has 0 aliphatic carbocycles. The molecule has 2 aromatic rings. The summed E-state index contributed by atoms with van der Waals surface area (Å²) in [5.41, 5.74) is 2.09. The van der Waals surface area contributed by atoms with E-state index >= 15 is 0 Å². The van der Waals surface area contributed by atoms with Crippen molar-refractivity contribution in [3.8, 4) is 0 Å². The highest BCUT2D eigenvalue weighted by atomic mass is 16.7. The highest BCUT2D eigenvalue weighted by Crippen LogP contribution is 2.34. The van der Waals surface area contributed by atoms with Crippen molar-refractivity contribution in [2.45, 2.75) is 44.1 Å². The summed E-state index contributed by atoms with van der Waals surface area (Å²) < 4.78 is 12.2. The zero-order chi connectivity index (χ0) is 19.5. The fraction of sp³-hybridized carbons (Fsp3) is 0.409. The lowest BCUT2D eigenvalue weighted by molar-refractivity contribution is -0.279. The Hall–Kier alpha value is -2.25. The van der Waals surface area contributed by atoms with Crippen LogP contribution in [0.4, 0.5) is 0 Å². The van der Waals surface area contributed by atoms with Gasteiger partial charge in [0.05, 0.1) is 18.7 Å². The summed E-state index contributed by atoms with van der Waals surface area (Å²) in [6.07, 6.45) is -1.77. The average Bonchev–Trinajstić information content (AvgIpc) is 2.72. The zero-order valence-electron chi connectivity index (χ0n) is 15.9. The SMILES string of the molecule is CC(=O)N[C@H]1CN(Cc2ccccc2)[C@@H]2COC(c3ccccc3)O[C@H]2[C@@H]1O. The summed E-state index contributed by atoms with van der Waals surface area (Å²) in [6, 6.07) is 19.4. The normalized spacial score (nSPS) is 30.4. The maximum Gasteiger partial charge on any atom is 0.217 e. The van der Waals surface area contributed by atoms with Crippen LogP contribution in [-0.4, -0.2) is 53.4 Å². The monoisotopic (exact) mass is 382 g/mol. The first kappa shape index (κ1) is 19.1. The smallest absolute Gasteiger partial charge is 0.217 e. The average molecular weight is 382 g/mol. The fourth-order valence-corrected chi connectivity index (χ4v) is 4.08. The van der Waals surface area contributed by atoms with Crippen LogP contribution in [0.15, 0.2) is 60.7 Å². The van der Waals surface area contributed by atoms with Crippen molar-refractivity contribution in [1.82, 2.24) is 10.2 Å². The van der Waals surface area contributed by atoms with E-state index in [2.05, 4.69) is 22.3 Å². The molecule has 2 heterocycles. The number of ether oxygens (including phenoxy) is 2. The van der Waals surface area contributed by atoms with Crippen LogP contribution in [0.25, 0.3) is 0 Å². The first-order valence-electron chi connectivity index (χ1n) is 9.67. The van der Waals surface area contributed by atoms with Gasteiger partial charge in [0.15, 0.2) is 6.29 Å². The number of nitrogens with one attached hydrogen (secondary N) is 1. The Morgan fingerprint density at radius 1 is 1.14 bits per heavy atom. The number of hydrogen-bond acceptors (Lipinski definition) is 5. The molecule has 148 valence electrons. The predicted molar refractivity (Wildman–Crippen MR) is 104 cm³/mol. The molecular formula is C22H26N2O4. The minimum atomic E-state index is -0.795. The quantitative estimate of drug-likeness (QED) is 0.845. The van der Waals surface area contributed by atoms with Crippen LogP contribution in [0.1, 0.15) is 24.3 Å². The molecule has 2 fully saturated rings. The number of carbonyl (C=O) groups excluding carboxylic acids is 1. The van der Waals surface area contributed by atoms with Gasteiger partial charge in [0.1, 0.15) is 12.2 Å². The molecule has 0 bridgehead atoms. The Balaban J connectivity index is 1.56. The molecule has 2 N–H and O–H groups in total. The van der Waals surface area contributed by atoms with Crippen LogP contribution in [0, 0.1) is 0 Å². The van der Waals surface area contributed by atoms with Crippen molar-refractivity contribution in [1.29, 1.82) is 0 Å². The first-order chi connectivity index (χ1) is 13.6. The summed E-state index contributed by atoms with van der Waals surface area (Å²) in [6.45, 7) is 3.17. The van der Waals surface area contributed by atoms with Crippen molar-refractivity contribution in [2.24, 2.45) is 0 Å². The molecule has 1 unspecified atom stereocenters. The van der Waals surface area contributed by atoms with Gasteiger partial charge in [-0.2, -0.15) is 0 Å². The molecule has 2 saturated heterocycles. The maximum atomic E-state index is 11.7. The van der Waals surface area contributed by atoms with Crippen LogP contribution in [-0.2, 0) is 20.8 Å². The number of nitrogens with zero attached hydrogens (tertiary/aromatic N) is 1. The second-order valence-electron chi connectivity index (χ2n) is 7.46. The predicted octanol–water partition coefficient (Wildman–Crippen LogP) is 1.85. The van der Waals surface area contributed by atoms with E-state index < -0.39 is 24.5 Å². The van der Waals surface area contributed by atoms with E-state index in [0.29, 0.717) is 19.7 Å². The van der Waals surface area contributed by atoms with Crippen LogP contribution in [0.5, 0.6) is 0 Å². The maximum absolute atomic E-state index is 11.7. The van der Waals surface area contributed by atoms with Gasteiger partial charge in [-0.3, -0.25) is 9.69 Å². The molecule has 2 aliphatic heterocycles. The lowest BCUT2D eigenvalue weighted by Crippen LogP contribution is -2.68. The van der Waals surface area contributed by atoms with Crippen molar-refractivity contribution in [3.05, 3.63) is 71.8 Å². The Labute approximate surface area is 165 Å². The van der Waals surface area contributed by atoms with Crippen LogP contribution >= 0.6 is 0 Å². The van der Waals surface area contributed by atoms with E-state index in [9.17, 15) is 9.90 Å². The van der Waals surface area contributed by atoms with E-state index in [4.69, 9.17) is 9.47 Å². The molecule has 0 saturated carbocycles. The number of amides is 1. The Bertz CT molecular complexity index is 786. The molecule has 1 amide bonds. The summed E-state index contributed by atoms with van der Waals surface area (Å²) in [4.78, 5) is 13.9. The van der Waals surface area contributed by atoms with Gasteiger partial charge < -0.3 is 19.9 Å². The van der Waals surface area contributed by atoms with Gasteiger partial charge >= 0.3 is 0 Å². The van der Waals surface area contributed by atoms with E-state index in [1.54, 1.807) is 0 Å². The van der Waals surface area contributed by atoms with Gasteiger partial charge in [0, 0.05) is 25.6 Å². The van der Waals surface area contributed by atoms with E-state index in [1.807, 2.05) is 48.5 Å². The molecule has 6 nitrogen and oxygen atoms in total. The van der Waals surface area contributed by atoms with Gasteiger partial charge in [-0.15, -0.1) is 0 Å². The van der Waals surface area contributed by atoms with Crippen molar-refractivity contribution < 1.29 is 19.4 Å². The van der Waals surface area contributed by atoms with Gasteiger partial charge in [-0.1, -0.05) is 60.7 Å². The molecule has 28 heavy (non-hydrogen) atoms. The number of hydrogen-bond donors (Lipinski definition) is 2. The largest absolute Gasteiger partial charge is 0.388 e. The number of aliphatic hydroxyl groups excluding tert-OH is 1. The van der Waals surface area contributed by atoms with Gasteiger partial charge in [0.2, 0.25) is 5.91 Å². The lowest BCUT2D eigenvalue weighted by Gasteiger charge is -2.50. The highest BCUT2D eigenvalue weighted by molar-refractivity contribution is 5.73. The lowest BCUT2D eigenvalue weighted by atomic mass is 9.90. The molecule has 5 atom stereocenters. The summed E-state index contributed by atoms with van der Waals surface area (Å²) >= 11 is 0. The third-order valence-electron chi connectivity index (χ3n) is 5.42. The number of piperidine rings is 1. The molecule has 2 aliphatic rings. The van der Waals surface area contributed by atoms with Gasteiger partial charge in [0.25, 0.3) is 0 Å². The molecule has 6 heteroatoms. The number of carbonyl (C=O) groups is 1.